The second-order valence-corrected chi connectivity index (χ2v) is 5.45. The van der Waals surface area contributed by atoms with Crippen LogP contribution >= 0.6 is 0 Å². The highest BCUT2D eigenvalue weighted by Gasteiger charge is 2.30. The van der Waals surface area contributed by atoms with E-state index in [1.165, 1.54) is 7.11 Å². The lowest BCUT2D eigenvalue weighted by Gasteiger charge is -2.31. The van der Waals surface area contributed by atoms with Crippen LogP contribution in [0.1, 0.15) is 27.2 Å². The topological polar surface area (TPSA) is 32.8 Å². The van der Waals surface area contributed by atoms with Crippen LogP contribution in [0.15, 0.2) is 0 Å². The standard InChI is InChI=1S/C13H28N2O2/c1-7-8-15(10-9-14(4)5)11-13(2,3)12(16)17-6/h7-11H2,1-6H3. The van der Waals surface area contributed by atoms with Gasteiger partial charge in [-0.05, 0) is 40.9 Å². The Hall–Kier alpha value is -0.610. The monoisotopic (exact) mass is 244 g/mol. The summed E-state index contributed by atoms with van der Waals surface area (Å²) in [4.78, 5) is 16.1. The molecule has 0 amide bonds. The van der Waals surface area contributed by atoms with Gasteiger partial charge in [-0.15, -0.1) is 0 Å². The lowest BCUT2D eigenvalue weighted by molar-refractivity contribution is -0.151. The third kappa shape index (κ3) is 6.64. The predicted octanol–water partition coefficient (Wildman–Crippen LogP) is 1.46. The second kappa shape index (κ2) is 7.67. The van der Waals surface area contributed by atoms with Gasteiger partial charge in [-0.2, -0.15) is 0 Å². The number of hydrogen-bond acceptors (Lipinski definition) is 4. The van der Waals surface area contributed by atoms with Crippen molar-refractivity contribution < 1.29 is 9.53 Å². The van der Waals surface area contributed by atoms with E-state index in [9.17, 15) is 4.79 Å². The van der Waals surface area contributed by atoms with Gasteiger partial charge in [0, 0.05) is 19.6 Å². The summed E-state index contributed by atoms with van der Waals surface area (Å²) in [6.07, 6.45) is 1.10. The normalized spacial score (nSPS) is 12.2. The van der Waals surface area contributed by atoms with Crippen molar-refractivity contribution in [3.8, 4) is 0 Å². The van der Waals surface area contributed by atoms with Crippen LogP contribution in [-0.4, -0.2) is 63.2 Å². The van der Waals surface area contributed by atoms with E-state index in [-0.39, 0.29) is 5.97 Å². The molecule has 4 nitrogen and oxygen atoms in total. The van der Waals surface area contributed by atoms with E-state index in [0.29, 0.717) is 0 Å². The van der Waals surface area contributed by atoms with Crippen molar-refractivity contribution in [1.82, 2.24) is 9.80 Å². The summed E-state index contributed by atoms with van der Waals surface area (Å²) in [6, 6.07) is 0. The van der Waals surface area contributed by atoms with Gasteiger partial charge < -0.3 is 14.5 Å². The molecule has 0 bridgehead atoms. The Labute approximate surface area is 106 Å². The van der Waals surface area contributed by atoms with Crippen molar-refractivity contribution in [3.63, 3.8) is 0 Å². The smallest absolute Gasteiger partial charge is 0.312 e. The Bertz CT molecular complexity index is 227. The van der Waals surface area contributed by atoms with E-state index in [1.54, 1.807) is 0 Å². The first kappa shape index (κ1) is 16.4. The Morgan fingerprint density at radius 1 is 1.18 bits per heavy atom. The zero-order valence-electron chi connectivity index (χ0n) is 12.2. The number of likely N-dealkylation sites (N-methyl/N-ethyl adjacent to an activating group) is 1. The number of ether oxygens (including phenoxy) is 1. The quantitative estimate of drug-likeness (QED) is 0.605. The summed E-state index contributed by atoms with van der Waals surface area (Å²) < 4.78 is 4.84. The Balaban J connectivity index is 4.36. The van der Waals surface area contributed by atoms with Crippen LogP contribution in [-0.2, 0) is 9.53 Å². The maximum atomic E-state index is 11.7. The van der Waals surface area contributed by atoms with Crippen LogP contribution in [0.25, 0.3) is 0 Å². The fourth-order valence-corrected chi connectivity index (χ4v) is 1.83. The second-order valence-electron chi connectivity index (χ2n) is 5.45. The van der Waals surface area contributed by atoms with Gasteiger partial charge in [-0.1, -0.05) is 6.92 Å². The molecule has 0 aromatic carbocycles. The van der Waals surface area contributed by atoms with Gasteiger partial charge in [0.15, 0.2) is 0 Å². The van der Waals surface area contributed by atoms with Crippen molar-refractivity contribution in [1.29, 1.82) is 0 Å². The average Bonchev–Trinajstić information content (AvgIpc) is 2.24. The first-order chi connectivity index (χ1) is 7.83. The van der Waals surface area contributed by atoms with Gasteiger partial charge in [-0.25, -0.2) is 0 Å². The molecule has 0 saturated heterocycles. The van der Waals surface area contributed by atoms with Gasteiger partial charge in [-0.3, -0.25) is 4.79 Å². The fourth-order valence-electron chi connectivity index (χ4n) is 1.83. The molecule has 0 saturated carbocycles. The number of carbonyl (C=O) groups is 1. The van der Waals surface area contributed by atoms with Crippen LogP contribution in [0.2, 0.25) is 0 Å². The maximum Gasteiger partial charge on any atom is 0.312 e. The molecule has 0 unspecified atom stereocenters. The van der Waals surface area contributed by atoms with Crippen molar-refractivity contribution in [2.45, 2.75) is 27.2 Å². The fraction of sp³-hybridized carbons (Fsp3) is 0.923. The number of rotatable bonds is 8. The minimum Gasteiger partial charge on any atom is -0.469 e. The van der Waals surface area contributed by atoms with Crippen LogP contribution < -0.4 is 0 Å². The molecule has 0 aliphatic heterocycles. The maximum absolute atomic E-state index is 11.7. The van der Waals surface area contributed by atoms with Crippen LogP contribution in [0.4, 0.5) is 0 Å². The lowest BCUT2D eigenvalue weighted by Crippen LogP contribution is -2.42. The molecule has 0 rings (SSSR count). The molecule has 0 aliphatic rings. The Morgan fingerprint density at radius 3 is 2.18 bits per heavy atom. The number of methoxy groups -OCH3 is 1. The molecule has 0 aromatic heterocycles. The van der Waals surface area contributed by atoms with E-state index >= 15 is 0 Å². The molecular weight excluding hydrogens is 216 g/mol. The number of carbonyl (C=O) groups excluding carboxylic acids is 1. The molecule has 0 heterocycles. The van der Waals surface area contributed by atoms with Crippen molar-refractivity contribution in [2.75, 3.05) is 47.4 Å². The van der Waals surface area contributed by atoms with E-state index in [2.05, 4.69) is 30.8 Å². The summed E-state index contributed by atoms with van der Waals surface area (Å²) in [7, 11) is 5.58. The highest BCUT2D eigenvalue weighted by molar-refractivity contribution is 5.76. The summed E-state index contributed by atoms with van der Waals surface area (Å²) in [5.74, 6) is -0.136. The van der Waals surface area contributed by atoms with Crippen LogP contribution in [0.3, 0.4) is 0 Å². The van der Waals surface area contributed by atoms with Gasteiger partial charge in [0.05, 0.1) is 12.5 Å². The molecule has 17 heavy (non-hydrogen) atoms. The zero-order chi connectivity index (χ0) is 13.5. The Morgan fingerprint density at radius 2 is 1.76 bits per heavy atom. The molecule has 102 valence electrons. The SMILES string of the molecule is CCCN(CCN(C)C)CC(C)(C)C(=O)OC. The first-order valence-electron chi connectivity index (χ1n) is 6.29. The minimum absolute atomic E-state index is 0.136. The van der Waals surface area contributed by atoms with Crippen molar-refractivity contribution in [2.24, 2.45) is 5.41 Å². The molecule has 0 aliphatic carbocycles. The molecule has 0 aromatic rings. The first-order valence-corrected chi connectivity index (χ1v) is 6.29. The molecule has 0 spiro atoms. The minimum atomic E-state index is -0.434. The number of hydrogen-bond donors (Lipinski definition) is 0. The molecule has 4 heteroatoms. The highest BCUT2D eigenvalue weighted by atomic mass is 16.5. The van der Waals surface area contributed by atoms with Crippen LogP contribution in [0, 0.1) is 5.41 Å². The molecule has 0 N–H and O–H groups in total. The van der Waals surface area contributed by atoms with Gasteiger partial charge >= 0.3 is 5.97 Å². The third-order valence-electron chi connectivity index (χ3n) is 2.76. The highest BCUT2D eigenvalue weighted by Crippen LogP contribution is 2.19. The molecular formula is C13H28N2O2. The largest absolute Gasteiger partial charge is 0.469 e. The zero-order valence-corrected chi connectivity index (χ0v) is 12.2. The molecule has 0 atom stereocenters. The summed E-state index contributed by atoms with van der Waals surface area (Å²) in [6.45, 7) is 9.82. The molecule has 0 radical (unpaired) electrons. The van der Waals surface area contributed by atoms with Gasteiger partial charge in [0.2, 0.25) is 0 Å². The summed E-state index contributed by atoms with van der Waals surface area (Å²) in [5, 5.41) is 0. The van der Waals surface area contributed by atoms with Crippen molar-refractivity contribution in [3.05, 3.63) is 0 Å². The average molecular weight is 244 g/mol. The Kier molecular flexibility index (Phi) is 7.39. The summed E-state index contributed by atoms with van der Waals surface area (Å²) in [5.41, 5.74) is -0.434. The number of esters is 1. The predicted molar refractivity (Wildman–Crippen MR) is 71.1 cm³/mol. The van der Waals surface area contributed by atoms with E-state index in [1.807, 2.05) is 13.8 Å². The number of nitrogens with zero attached hydrogens (tertiary/aromatic N) is 2. The van der Waals surface area contributed by atoms with Gasteiger partial charge in [0.25, 0.3) is 0 Å². The van der Waals surface area contributed by atoms with E-state index < -0.39 is 5.41 Å². The van der Waals surface area contributed by atoms with Crippen molar-refractivity contribution >= 4 is 5.97 Å². The van der Waals surface area contributed by atoms with E-state index in [4.69, 9.17) is 4.74 Å². The third-order valence-corrected chi connectivity index (χ3v) is 2.76. The van der Waals surface area contributed by atoms with E-state index in [0.717, 1.165) is 32.6 Å². The molecule has 0 fully saturated rings. The lowest BCUT2D eigenvalue weighted by atomic mass is 9.93. The van der Waals surface area contributed by atoms with Gasteiger partial charge in [0.1, 0.15) is 0 Å². The van der Waals surface area contributed by atoms with Crippen LogP contribution in [0.5, 0.6) is 0 Å². The summed E-state index contributed by atoms with van der Waals surface area (Å²) >= 11 is 0.